The summed E-state index contributed by atoms with van der Waals surface area (Å²) in [5, 5.41) is 7.40. The molecular weight excluding hydrogens is 369 g/mol. The van der Waals surface area contributed by atoms with Gasteiger partial charge in [-0.1, -0.05) is 0 Å². The molecule has 2 aromatic heterocycles. The summed E-state index contributed by atoms with van der Waals surface area (Å²) in [6, 6.07) is 0.326. The Morgan fingerprint density at radius 2 is 1.86 bits per heavy atom. The first-order valence-corrected chi connectivity index (χ1v) is 9.79. The summed E-state index contributed by atoms with van der Waals surface area (Å²) in [4.78, 5) is 8.25. The standard InChI is InChI=1S/C19H25F3N6/c1-28-16(8-11-2-3-11)14(9-25-28)17-15(19(20,21)22)10-24-18(27-17)26-13-6-4-12(23)5-7-13/h9-13H,2-8,23H2,1H3,(H,24,26,27). The Morgan fingerprint density at radius 1 is 1.14 bits per heavy atom. The van der Waals surface area contributed by atoms with Crippen LogP contribution in [0.1, 0.15) is 49.8 Å². The van der Waals surface area contributed by atoms with Gasteiger partial charge in [0.25, 0.3) is 0 Å². The molecule has 9 heteroatoms. The van der Waals surface area contributed by atoms with Gasteiger partial charge in [-0.2, -0.15) is 18.3 Å². The van der Waals surface area contributed by atoms with Crippen molar-refractivity contribution in [1.29, 1.82) is 0 Å². The van der Waals surface area contributed by atoms with Gasteiger partial charge in [0, 0.05) is 36.6 Å². The Hall–Kier alpha value is -2.16. The fourth-order valence-electron chi connectivity index (χ4n) is 3.81. The second-order valence-electron chi connectivity index (χ2n) is 7.99. The van der Waals surface area contributed by atoms with Gasteiger partial charge in [0.15, 0.2) is 0 Å². The molecule has 2 aliphatic carbocycles. The summed E-state index contributed by atoms with van der Waals surface area (Å²) in [7, 11) is 1.76. The predicted octanol–water partition coefficient (Wildman–Crippen LogP) is 3.53. The molecule has 3 N–H and O–H groups in total. The fourth-order valence-corrected chi connectivity index (χ4v) is 3.81. The molecule has 6 nitrogen and oxygen atoms in total. The number of nitrogens with two attached hydrogens (primary N) is 1. The molecule has 0 bridgehead atoms. The van der Waals surface area contributed by atoms with Crippen LogP contribution in [-0.4, -0.2) is 31.8 Å². The maximum atomic E-state index is 13.6. The Kier molecular flexibility index (Phi) is 5.03. The van der Waals surface area contributed by atoms with Gasteiger partial charge in [-0.25, -0.2) is 9.97 Å². The third kappa shape index (κ3) is 4.14. The van der Waals surface area contributed by atoms with Gasteiger partial charge in [-0.3, -0.25) is 4.68 Å². The molecule has 0 radical (unpaired) electrons. The van der Waals surface area contributed by atoms with E-state index in [-0.39, 0.29) is 23.7 Å². The van der Waals surface area contributed by atoms with Crippen molar-refractivity contribution < 1.29 is 13.2 Å². The monoisotopic (exact) mass is 394 g/mol. The zero-order chi connectivity index (χ0) is 19.9. The fraction of sp³-hybridized carbons (Fsp3) is 0.632. The molecule has 2 heterocycles. The summed E-state index contributed by atoms with van der Waals surface area (Å²) in [5.41, 5.74) is 6.24. The van der Waals surface area contributed by atoms with Crippen LogP contribution in [0.25, 0.3) is 11.3 Å². The lowest BCUT2D eigenvalue weighted by Crippen LogP contribution is -2.33. The number of nitrogens with zero attached hydrogens (tertiary/aromatic N) is 4. The quantitative estimate of drug-likeness (QED) is 0.811. The van der Waals surface area contributed by atoms with Crippen molar-refractivity contribution in [3.8, 4) is 11.3 Å². The smallest absolute Gasteiger partial charge is 0.351 e. The average Bonchev–Trinajstić information content (AvgIpc) is 3.39. The molecule has 0 unspecified atom stereocenters. The highest BCUT2D eigenvalue weighted by atomic mass is 19.4. The van der Waals surface area contributed by atoms with E-state index in [1.54, 1.807) is 11.7 Å². The molecule has 0 aromatic carbocycles. The van der Waals surface area contributed by atoms with Gasteiger partial charge in [-0.15, -0.1) is 0 Å². The topological polar surface area (TPSA) is 81.7 Å². The summed E-state index contributed by atoms with van der Waals surface area (Å²) in [6.45, 7) is 0. The first kappa shape index (κ1) is 19.2. The van der Waals surface area contributed by atoms with Crippen molar-refractivity contribution in [2.45, 2.75) is 63.2 Å². The number of rotatable bonds is 5. The second-order valence-corrected chi connectivity index (χ2v) is 7.99. The number of hydrogen-bond donors (Lipinski definition) is 2. The SMILES string of the molecule is Cn1ncc(-c2nc(NC3CCC(N)CC3)ncc2C(F)(F)F)c1CC1CC1. The van der Waals surface area contributed by atoms with E-state index < -0.39 is 11.7 Å². The van der Waals surface area contributed by atoms with Gasteiger partial charge in [-0.05, 0) is 50.9 Å². The molecule has 0 spiro atoms. The molecular formula is C19H25F3N6. The Balaban J connectivity index is 1.68. The van der Waals surface area contributed by atoms with Crippen molar-refractivity contribution in [2.24, 2.45) is 18.7 Å². The van der Waals surface area contributed by atoms with Crippen LogP contribution in [-0.2, 0) is 19.6 Å². The van der Waals surface area contributed by atoms with E-state index in [0.717, 1.165) is 56.8 Å². The summed E-state index contributed by atoms with van der Waals surface area (Å²) >= 11 is 0. The molecule has 2 aliphatic rings. The number of nitrogens with one attached hydrogen (secondary N) is 1. The molecule has 2 saturated carbocycles. The highest BCUT2D eigenvalue weighted by molar-refractivity contribution is 5.67. The van der Waals surface area contributed by atoms with Crippen molar-refractivity contribution in [2.75, 3.05) is 5.32 Å². The van der Waals surface area contributed by atoms with Crippen molar-refractivity contribution in [3.05, 3.63) is 23.7 Å². The average molecular weight is 394 g/mol. The van der Waals surface area contributed by atoms with Crippen molar-refractivity contribution in [1.82, 2.24) is 19.7 Å². The van der Waals surface area contributed by atoms with Gasteiger partial charge < -0.3 is 11.1 Å². The normalized spacial score (nSPS) is 23.0. The van der Waals surface area contributed by atoms with Crippen LogP contribution in [0.4, 0.5) is 19.1 Å². The summed E-state index contributed by atoms with van der Waals surface area (Å²) in [6.07, 6.45) is 4.27. The van der Waals surface area contributed by atoms with Gasteiger partial charge in [0.05, 0.1) is 11.9 Å². The molecule has 152 valence electrons. The zero-order valence-electron chi connectivity index (χ0n) is 15.8. The van der Waals surface area contributed by atoms with E-state index in [1.807, 2.05) is 0 Å². The number of anilines is 1. The van der Waals surface area contributed by atoms with Crippen LogP contribution in [0.5, 0.6) is 0 Å². The van der Waals surface area contributed by atoms with Crippen LogP contribution in [0.2, 0.25) is 0 Å². The van der Waals surface area contributed by atoms with Crippen LogP contribution in [0, 0.1) is 5.92 Å². The molecule has 4 rings (SSSR count). The first-order chi connectivity index (χ1) is 13.3. The third-order valence-corrected chi connectivity index (χ3v) is 5.69. The number of aromatic nitrogens is 4. The zero-order valence-corrected chi connectivity index (χ0v) is 15.8. The molecule has 2 aromatic rings. The first-order valence-electron chi connectivity index (χ1n) is 9.79. The molecule has 28 heavy (non-hydrogen) atoms. The number of alkyl halides is 3. The Bertz CT molecular complexity index is 835. The third-order valence-electron chi connectivity index (χ3n) is 5.69. The lowest BCUT2D eigenvalue weighted by molar-refractivity contribution is -0.137. The highest BCUT2D eigenvalue weighted by Gasteiger charge is 2.37. The van der Waals surface area contributed by atoms with Gasteiger partial charge in [0.2, 0.25) is 5.95 Å². The van der Waals surface area contributed by atoms with E-state index >= 15 is 0 Å². The number of aryl methyl sites for hydroxylation is 1. The molecule has 0 saturated heterocycles. The number of halogens is 3. The van der Waals surface area contributed by atoms with Crippen molar-refractivity contribution >= 4 is 5.95 Å². The van der Waals surface area contributed by atoms with Crippen molar-refractivity contribution in [3.63, 3.8) is 0 Å². The minimum atomic E-state index is -4.53. The van der Waals surface area contributed by atoms with Crippen LogP contribution < -0.4 is 11.1 Å². The molecule has 0 atom stereocenters. The Morgan fingerprint density at radius 3 is 2.50 bits per heavy atom. The van der Waals surface area contributed by atoms with E-state index in [9.17, 15) is 13.2 Å². The molecule has 0 aliphatic heterocycles. The highest BCUT2D eigenvalue weighted by Crippen LogP contribution is 2.40. The number of hydrogen-bond acceptors (Lipinski definition) is 5. The maximum absolute atomic E-state index is 13.6. The lowest BCUT2D eigenvalue weighted by atomic mass is 9.92. The Labute approximate surface area is 161 Å². The second kappa shape index (κ2) is 7.35. The van der Waals surface area contributed by atoms with Gasteiger partial charge >= 0.3 is 6.18 Å². The molecule has 2 fully saturated rings. The van der Waals surface area contributed by atoms with E-state index in [2.05, 4.69) is 20.4 Å². The largest absolute Gasteiger partial charge is 0.419 e. The van der Waals surface area contributed by atoms with Crippen LogP contribution in [0.15, 0.2) is 12.4 Å². The minimum absolute atomic E-state index is 0.0961. The lowest BCUT2D eigenvalue weighted by Gasteiger charge is -2.27. The summed E-state index contributed by atoms with van der Waals surface area (Å²) in [5.74, 6) is 0.749. The maximum Gasteiger partial charge on any atom is 0.419 e. The minimum Gasteiger partial charge on any atom is -0.351 e. The molecule has 0 amide bonds. The van der Waals surface area contributed by atoms with Crippen LogP contribution >= 0.6 is 0 Å². The predicted molar refractivity (Wildman–Crippen MR) is 99.5 cm³/mol. The van der Waals surface area contributed by atoms with E-state index in [1.165, 1.54) is 6.20 Å². The van der Waals surface area contributed by atoms with E-state index in [0.29, 0.717) is 11.5 Å². The van der Waals surface area contributed by atoms with Gasteiger partial charge in [0.1, 0.15) is 5.56 Å². The van der Waals surface area contributed by atoms with Crippen LogP contribution in [0.3, 0.4) is 0 Å². The summed E-state index contributed by atoms with van der Waals surface area (Å²) < 4.78 is 42.6. The van der Waals surface area contributed by atoms with E-state index in [4.69, 9.17) is 5.73 Å².